The predicted molar refractivity (Wildman–Crippen MR) is 123 cm³/mol. The summed E-state index contributed by atoms with van der Waals surface area (Å²) < 4.78 is 0. The lowest BCUT2D eigenvalue weighted by Crippen LogP contribution is -2.26. The van der Waals surface area contributed by atoms with E-state index in [4.69, 9.17) is 0 Å². The summed E-state index contributed by atoms with van der Waals surface area (Å²) in [6.07, 6.45) is 0. The van der Waals surface area contributed by atoms with Crippen molar-refractivity contribution in [2.45, 2.75) is 19.0 Å². The van der Waals surface area contributed by atoms with Crippen LogP contribution < -0.4 is 5.32 Å². The normalized spacial score (nSPS) is 13.2. The fourth-order valence-electron chi connectivity index (χ4n) is 4.06. The van der Waals surface area contributed by atoms with Crippen LogP contribution in [0.15, 0.2) is 97.1 Å². The van der Waals surface area contributed by atoms with Crippen molar-refractivity contribution in [3.8, 4) is 11.4 Å². The number of tetrazole rings is 1. The van der Waals surface area contributed by atoms with Crippen LogP contribution in [0.4, 0.5) is 0 Å². The smallest absolute Gasteiger partial charge is 0.204 e. The molecule has 0 aliphatic rings. The maximum atomic E-state index is 4.09. The molecule has 2 atom stereocenters. The second kappa shape index (κ2) is 8.50. The predicted octanol–water partition coefficient (Wildman–Crippen LogP) is 5.46. The van der Waals surface area contributed by atoms with Gasteiger partial charge in [-0.3, -0.25) is 5.32 Å². The maximum absolute atomic E-state index is 4.09. The van der Waals surface area contributed by atoms with Crippen LogP contribution >= 0.6 is 0 Å². The van der Waals surface area contributed by atoms with Crippen LogP contribution in [-0.2, 0) is 0 Å². The van der Waals surface area contributed by atoms with E-state index in [9.17, 15) is 0 Å². The first-order valence-corrected chi connectivity index (χ1v) is 10.4. The van der Waals surface area contributed by atoms with E-state index in [1.54, 1.807) is 0 Å². The topological polar surface area (TPSA) is 66.5 Å². The first kappa shape index (κ1) is 19.2. The van der Waals surface area contributed by atoms with E-state index in [1.807, 2.05) is 12.1 Å². The molecule has 0 fully saturated rings. The van der Waals surface area contributed by atoms with Gasteiger partial charge in [0.2, 0.25) is 5.82 Å². The Bertz CT molecular complexity index is 1260. The third-order valence-electron chi connectivity index (χ3n) is 5.70. The lowest BCUT2D eigenvalue weighted by molar-refractivity contribution is 0.518. The Labute approximate surface area is 181 Å². The van der Waals surface area contributed by atoms with E-state index in [1.165, 1.54) is 27.5 Å². The summed E-state index contributed by atoms with van der Waals surface area (Å²) in [4.78, 5) is 0. The summed E-state index contributed by atoms with van der Waals surface area (Å²) in [6, 6.07) is 34.2. The van der Waals surface area contributed by atoms with Crippen molar-refractivity contribution in [1.29, 1.82) is 0 Å². The molecule has 1 aromatic heterocycles. The molecule has 0 amide bonds. The van der Waals surface area contributed by atoms with Gasteiger partial charge in [-0.25, -0.2) is 0 Å². The molecular weight excluding hydrogens is 382 g/mol. The van der Waals surface area contributed by atoms with Gasteiger partial charge in [-0.1, -0.05) is 97.1 Å². The highest BCUT2D eigenvalue weighted by Gasteiger charge is 2.20. The lowest BCUT2D eigenvalue weighted by Gasteiger charge is -2.26. The zero-order chi connectivity index (χ0) is 21.0. The minimum absolute atomic E-state index is 0.0284. The van der Waals surface area contributed by atoms with Crippen LogP contribution in [0.3, 0.4) is 0 Å². The molecular formula is C26H23N5. The number of hydrogen-bond acceptors (Lipinski definition) is 4. The molecule has 0 aliphatic heterocycles. The molecule has 2 unspecified atom stereocenters. The zero-order valence-electron chi connectivity index (χ0n) is 17.2. The molecule has 0 bridgehead atoms. The number of hydrogen-bond donors (Lipinski definition) is 2. The number of aromatic amines is 1. The van der Waals surface area contributed by atoms with Gasteiger partial charge in [-0.15, -0.1) is 10.2 Å². The Morgan fingerprint density at radius 2 is 1.48 bits per heavy atom. The van der Waals surface area contributed by atoms with Gasteiger partial charge in [0.15, 0.2) is 0 Å². The molecule has 0 aliphatic carbocycles. The Morgan fingerprint density at radius 3 is 2.26 bits per heavy atom. The summed E-state index contributed by atoms with van der Waals surface area (Å²) in [5.41, 5.74) is 4.64. The molecule has 2 N–H and O–H groups in total. The van der Waals surface area contributed by atoms with E-state index >= 15 is 0 Å². The van der Waals surface area contributed by atoms with Crippen molar-refractivity contribution in [3.05, 3.63) is 114 Å². The monoisotopic (exact) mass is 405 g/mol. The van der Waals surface area contributed by atoms with Crippen LogP contribution in [0.5, 0.6) is 0 Å². The summed E-state index contributed by atoms with van der Waals surface area (Å²) >= 11 is 0. The number of fused-ring (bicyclic) bond motifs is 1. The highest BCUT2D eigenvalue weighted by molar-refractivity contribution is 5.86. The molecule has 0 saturated carbocycles. The molecule has 4 aromatic carbocycles. The van der Waals surface area contributed by atoms with E-state index in [2.05, 4.69) is 118 Å². The van der Waals surface area contributed by atoms with Crippen LogP contribution in [0, 0.1) is 0 Å². The Morgan fingerprint density at radius 1 is 0.742 bits per heavy atom. The van der Waals surface area contributed by atoms with E-state index in [0.29, 0.717) is 5.82 Å². The minimum atomic E-state index is 0.0284. The molecule has 5 nitrogen and oxygen atoms in total. The number of rotatable bonds is 6. The van der Waals surface area contributed by atoms with Gasteiger partial charge < -0.3 is 0 Å². The Hall–Kier alpha value is -3.83. The third-order valence-corrected chi connectivity index (χ3v) is 5.70. The minimum Gasteiger partial charge on any atom is -0.300 e. The third kappa shape index (κ3) is 3.96. The molecule has 0 radical (unpaired) electrons. The van der Waals surface area contributed by atoms with Crippen LogP contribution in [0.2, 0.25) is 0 Å². The first-order chi connectivity index (χ1) is 15.3. The van der Waals surface area contributed by atoms with E-state index in [0.717, 1.165) is 5.56 Å². The fraction of sp³-hybridized carbons (Fsp3) is 0.115. The largest absolute Gasteiger partial charge is 0.300 e. The fourth-order valence-corrected chi connectivity index (χ4v) is 4.06. The zero-order valence-corrected chi connectivity index (χ0v) is 17.2. The molecule has 152 valence electrons. The SMILES string of the molecule is CC(NC(c1ccc(-c2nn[nH]n2)cc1)c1cccc2ccccc12)c1ccccc1. The summed E-state index contributed by atoms with van der Waals surface area (Å²) in [6.45, 7) is 2.21. The van der Waals surface area contributed by atoms with Crippen molar-refractivity contribution < 1.29 is 0 Å². The van der Waals surface area contributed by atoms with Gasteiger partial charge in [0.25, 0.3) is 0 Å². The summed E-state index contributed by atoms with van der Waals surface area (Å²) in [7, 11) is 0. The quantitative estimate of drug-likeness (QED) is 0.394. The molecule has 1 heterocycles. The average Bonchev–Trinajstić information content (AvgIpc) is 3.38. The lowest BCUT2D eigenvalue weighted by atomic mass is 9.92. The molecule has 5 aromatic rings. The van der Waals surface area contributed by atoms with Gasteiger partial charge in [0.1, 0.15) is 0 Å². The molecule has 5 heteroatoms. The molecule has 0 saturated heterocycles. The highest BCUT2D eigenvalue weighted by atomic mass is 15.5. The Kier molecular flexibility index (Phi) is 5.25. The summed E-state index contributed by atoms with van der Waals surface area (Å²) in [5.74, 6) is 0.596. The van der Waals surface area contributed by atoms with Crippen molar-refractivity contribution >= 4 is 10.8 Å². The van der Waals surface area contributed by atoms with Gasteiger partial charge in [-0.2, -0.15) is 5.21 Å². The Balaban J connectivity index is 1.57. The van der Waals surface area contributed by atoms with Crippen molar-refractivity contribution in [1.82, 2.24) is 25.9 Å². The summed E-state index contributed by atoms with van der Waals surface area (Å²) in [5, 5.41) is 20.7. The number of H-pyrrole nitrogens is 1. The standard InChI is InChI=1S/C26H23N5/c1-18(19-8-3-2-4-9-19)27-25(24-13-7-11-20-10-5-6-12-23(20)24)21-14-16-22(17-15-21)26-28-30-31-29-26/h2-18,25,27H,1H3,(H,28,29,30,31). The van der Waals surface area contributed by atoms with E-state index in [-0.39, 0.29) is 12.1 Å². The highest BCUT2D eigenvalue weighted by Crippen LogP contribution is 2.32. The van der Waals surface area contributed by atoms with Gasteiger partial charge in [-0.05, 0) is 39.6 Å². The van der Waals surface area contributed by atoms with Crippen molar-refractivity contribution in [2.75, 3.05) is 0 Å². The van der Waals surface area contributed by atoms with Crippen LogP contribution in [0.25, 0.3) is 22.2 Å². The molecule has 31 heavy (non-hydrogen) atoms. The number of nitrogens with one attached hydrogen (secondary N) is 2. The van der Waals surface area contributed by atoms with Gasteiger partial charge in [0, 0.05) is 11.6 Å². The second-order valence-electron chi connectivity index (χ2n) is 7.66. The average molecular weight is 406 g/mol. The number of aromatic nitrogens is 4. The van der Waals surface area contributed by atoms with Gasteiger partial charge in [0.05, 0.1) is 6.04 Å². The maximum Gasteiger partial charge on any atom is 0.204 e. The molecule has 0 spiro atoms. The van der Waals surface area contributed by atoms with Crippen LogP contribution in [-0.4, -0.2) is 20.6 Å². The number of benzene rings is 4. The van der Waals surface area contributed by atoms with Crippen LogP contribution in [0.1, 0.15) is 35.7 Å². The molecule has 5 rings (SSSR count). The second-order valence-corrected chi connectivity index (χ2v) is 7.66. The van der Waals surface area contributed by atoms with Gasteiger partial charge >= 0.3 is 0 Å². The van der Waals surface area contributed by atoms with Crippen molar-refractivity contribution in [3.63, 3.8) is 0 Å². The van der Waals surface area contributed by atoms with Crippen molar-refractivity contribution in [2.24, 2.45) is 0 Å². The first-order valence-electron chi connectivity index (χ1n) is 10.4. The van der Waals surface area contributed by atoms with E-state index < -0.39 is 0 Å². The number of nitrogens with zero attached hydrogens (tertiary/aromatic N) is 3.